The van der Waals surface area contributed by atoms with Crippen molar-refractivity contribution in [3.63, 3.8) is 0 Å². The molecule has 5 heteroatoms. The first-order chi connectivity index (χ1) is 17.4. The first kappa shape index (κ1) is 27.2. The van der Waals surface area contributed by atoms with Crippen LogP contribution in [0.1, 0.15) is 68.6 Å². The number of carbonyl (C=O) groups is 2. The van der Waals surface area contributed by atoms with Gasteiger partial charge in [0.2, 0.25) is 0 Å². The van der Waals surface area contributed by atoms with Gasteiger partial charge in [-0.15, -0.1) is 0 Å². The normalized spacial score (nSPS) is 11.6. The Balaban J connectivity index is 1.78. The number of unbranched alkanes of at least 4 members (excludes halogenated alkanes) is 4. The van der Waals surface area contributed by atoms with E-state index in [2.05, 4.69) is 13.0 Å². The highest BCUT2D eigenvalue weighted by Gasteiger charge is 2.15. The summed E-state index contributed by atoms with van der Waals surface area (Å²) in [5, 5.41) is 23.0. The van der Waals surface area contributed by atoms with Crippen molar-refractivity contribution >= 4 is 27.9 Å². The van der Waals surface area contributed by atoms with E-state index in [9.17, 15) is 19.8 Å². The van der Waals surface area contributed by atoms with Gasteiger partial charge in [-0.25, -0.2) is 0 Å². The molecule has 0 atom stereocenters. The number of carbonyl (C=O) groups excluding carboxylic acids is 2. The predicted octanol–water partition coefficient (Wildman–Crippen LogP) is 6.41. The van der Waals surface area contributed by atoms with Crippen LogP contribution >= 0.6 is 0 Å². The number of methoxy groups -OCH3 is 1. The summed E-state index contributed by atoms with van der Waals surface area (Å²) in [6.07, 6.45) is 7.23. The maximum absolute atomic E-state index is 12.6. The van der Waals surface area contributed by atoms with Crippen LogP contribution in [0.15, 0.2) is 60.7 Å². The highest BCUT2D eigenvalue weighted by molar-refractivity contribution is 6.07. The number of aliphatic hydroxyl groups excluding tert-OH is 1. The molecule has 0 fully saturated rings. The SMILES string of the molecule is CCCCCCCC(=O)CC(=O)C=C(CO)c1cc(Cc2ccc3ccccc3c2)c(O)c(OC)c1. The van der Waals surface area contributed by atoms with Crippen LogP contribution in [0.2, 0.25) is 0 Å². The molecule has 0 aliphatic heterocycles. The largest absolute Gasteiger partial charge is 0.504 e. The second-order valence-corrected chi connectivity index (χ2v) is 9.22. The highest BCUT2D eigenvalue weighted by atomic mass is 16.5. The number of phenolic OH excluding ortho intramolecular Hbond substituents is 1. The number of aromatic hydroxyl groups is 1. The smallest absolute Gasteiger partial charge is 0.163 e. The fourth-order valence-electron chi connectivity index (χ4n) is 4.38. The summed E-state index contributed by atoms with van der Waals surface area (Å²) in [5.74, 6) is -0.124. The molecule has 3 aromatic carbocycles. The number of allylic oxidation sites excluding steroid dienone is 1. The summed E-state index contributed by atoms with van der Waals surface area (Å²) in [5.41, 5.74) is 2.59. The van der Waals surface area contributed by atoms with Crippen molar-refractivity contribution in [2.75, 3.05) is 13.7 Å². The van der Waals surface area contributed by atoms with E-state index in [-0.39, 0.29) is 36.1 Å². The number of rotatable bonds is 14. The van der Waals surface area contributed by atoms with E-state index in [1.165, 1.54) is 13.2 Å². The van der Waals surface area contributed by atoms with Crippen molar-refractivity contribution in [3.05, 3.63) is 77.4 Å². The summed E-state index contributed by atoms with van der Waals surface area (Å²) < 4.78 is 5.37. The Morgan fingerprint density at radius 2 is 1.69 bits per heavy atom. The Morgan fingerprint density at radius 1 is 0.944 bits per heavy atom. The van der Waals surface area contributed by atoms with Crippen LogP contribution in [0.5, 0.6) is 11.5 Å². The quantitative estimate of drug-likeness (QED) is 0.156. The number of benzene rings is 3. The molecule has 0 bridgehead atoms. The number of Topliss-reactive ketones (excluding diaryl/α,β-unsaturated/α-hetero) is 1. The molecule has 0 spiro atoms. The molecule has 3 rings (SSSR count). The third kappa shape index (κ3) is 7.53. The molecule has 36 heavy (non-hydrogen) atoms. The van der Waals surface area contributed by atoms with Gasteiger partial charge in [-0.3, -0.25) is 9.59 Å². The van der Waals surface area contributed by atoms with Crippen molar-refractivity contribution < 1.29 is 24.5 Å². The van der Waals surface area contributed by atoms with Gasteiger partial charge >= 0.3 is 0 Å². The van der Waals surface area contributed by atoms with Crippen LogP contribution in [-0.2, 0) is 16.0 Å². The molecule has 0 heterocycles. The molecular weight excluding hydrogens is 452 g/mol. The second kappa shape index (κ2) is 13.6. The summed E-state index contributed by atoms with van der Waals surface area (Å²) in [4.78, 5) is 24.8. The van der Waals surface area contributed by atoms with Gasteiger partial charge in [0.05, 0.1) is 20.1 Å². The Bertz CT molecular complexity index is 1220. The summed E-state index contributed by atoms with van der Waals surface area (Å²) in [6, 6.07) is 17.6. The molecule has 2 N–H and O–H groups in total. The van der Waals surface area contributed by atoms with E-state index in [1.807, 2.05) is 36.4 Å². The molecule has 0 amide bonds. The lowest BCUT2D eigenvalue weighted by atomic mass is 9.95. The van der Waals surface area contributed by atoms with E-state index in [0.29, 0.717) is 29.5 Å². The third-order valence-electron chi connectivity index (χ3n) is 6.39. The van der Waals surface area contributed by atoms with Crippen LogP contribution in [-0.4, -0.2) is 35.5 Å². The molecule has 0 radical (unpaired) electrons. The third-order valence-corrected chi connectivity index (χ3v) is 6.39. The molecule has 190 valence electrons. The lowest BCUT2D eigenvalue weighted by Gasteiger charge is -2.14. The van der Waals surface area contributed by atoms with Crippen molar-refractivity contribution in [3.8, 4) is 11.5 Å². The minimum atomic E-state index is -0.375. The first-order valence-electron chi connectivity index (χ1n) is 12.7. The van der Waals surface area contributed by atoms with Gasteiger partial charge in [0, 0.05) is 18.4 Å². The summed E-state index contributed by atoms with van der Waals surface area (Å²) >= 11 is 0. The Morgan fingerprint density at radius 3 is 2.42 bits per heavy atom. The summed E-state index contributed by atoms with van der Waals surface area (Å²) in [6.45, 7) is 1.77. The molecule has 0 aromatic heterocycles. The molecule has 3 aromatic rings. The fourth-order valence-corrected chi connectivity index (χ4v) is 4.38. The number of ether oxygens (including phenoxy) is 1. The lowest BCUT2D eigenvalue weighted by molar-refractivity contribution is -0.124. The topological polar surface area (TPSA) is 83.8 Å². The van der Waals surface area contributed by atoms with Gasteiger partial charge < -0.3 is 14.9 Å². The second-order valence-electron chi connectivity index (χ2n) is 9.22. The minimum absolute atomic E-state index is 0.0243. The molecule has 0 saturated carbocycles. The van der Waals surface area contributed by atoms with Crippen LogP contribution in [0.4, 0.5) is 0 Å². The van der Waals surface area contributed by atoms with E-state index >= 15 is 0 Å². The van der Waals surface area contributed by atoms with Crippen molar-refractivity contribution in [2.24, 2.45) is 0 Å². The minimum Gasteiger partial charge on any atom is -0.504 e. The number of aliphatic hydroxyl groups is 1. The van der Waals surface area contributed by atoms with Gasteiger partial charge in [0.25, 0.3) is 0 Å². The van der Waals surface area contributed by atoms with Gasteiger partial charge in [-0.2, -0.15) is 0 Å². The van der Waals surface area contributed by atoms with Crippen molar-refractivity contribution in [1.29, 1.82) is 0 Å². The fraction of sp³-hybridized carbons (Fsp3) is 0.355. The van der Waals surface area contributed by atoms with E-state index in [0.717, 1.165) is 48.4 Å². The Labute approximate surface area is 213 Å². The van der Waals surface area contributed by atoms with Gasteiger partial charge in [-0.05, 0) is 52.1 Å². The standard InChI is InChI=1S/C31H36O5/c1-3-4-5-6-7-12-28(33)20-29(34)18-27(21-32)25-17-26(31(35)30(19-25)36-2)16-22-13-14-23-10-8-9-11-24(23)15-22/h8-11,13-15,17-19,32,35H,3-7,12,16,20-21H2,1-2H3. The Hall–Kier alpha value is -3.44. The van der Waals surface area contributed by atoms with Gasteiger partial charge in [0.15, 0.2) is 17.3 Å². The molecule has 0 aliphatic rings. The van der Waals surface area contributed by atoms with Crippen molar-refractivity contribution in [2.45, 2.75) is 58.3 Å². The molecular formula is C31H36O5. The highest BCUT2D eigenvalue weighted by Crippen LogP contribution is 2.35. The molecule has 0 unspecified atom stereocenters. The maximum Gasteiger partial charge on any atom is 0.163 e. The zero-order chi connectivity index (χ0) is 25.9. The van der Waals surface area contributed by atoms with Crippen LogP contribution in [0.3, 0.4) is 0 Å². The predicted molar refractivity (Wildman–Crippen MR) is 144 cm³/mol. The molecule has 5 nitrogen and oxygen atoms in total. The van der Waals surface area contributed by atoms with Crippen LogP contribution in [0.25, 0.3) is 16.3 Å². The van der Waals surface area contributed by atoms with Crippen LogP contribution < -0.4 is 4.74 Å². The molecule has 0 aliphatic carbocycles. The lowest BCUT2D eigenvalue weighted by Crippen LogP contribution is -2.07. The zero-order valence-electron chi connectivity index (χ0n) is 21.3. The average Bonchev–Trinajstić information content (AvgIpc) is 2.88. The number of hydrogen-bond donors (Lipinski definition) is 2. The average molecular weight is 489 g/mol. The number of phenols is 1. The Kier molecular flexibility index (Phi) is 10.3. The van der Waals surface area contributed by atoms with Gasteiger partial charge in [-0.1, -0.05) is 75.1 Å². The van der Waals surface area contributed by atoms with Crippen LogP contribution in [0, 0.1) is 0 Å². The number of ketones is 2. The maximum atomic E-state index is 12.6. The number of fused-ring (bicyclic) bond motifs is 1. The van der Waals surface area contributed by atoms with E-state index < -0.39 is 0 Å². The zero-order valence-corrected chi connectivity index (χ0v) is 21.3. The van der Waals surface area contributed by atoms with E-state index in [4.69, 9.17) is 4.74 Å². The van der Waals surface area contributed by atoms with E-state index in [1.54, 1.807) is 12.1 Å². The summed E-state index contributed by atoms with van der Waals surface area (Å²) in [7, 11) is 1.46. The molecule has 0 saturated heterocycles. The van der Waals surface area contributed by atoms with Crippen molar-refractivity contribution in [1.82, 2.24) is 0 Å². The first-order valence-corrected chi connectivity index (χ1v) is 12.7. The number of hydrogen-bond acceptors (Lipinski definition) is 5. The van der Waals surface area contributed by atoms with Gasteiger partial charge in [0.1, 0.15) is 5.78 Å². The monoisotopic (exact) mass is 488 g/mol.